The van der Waals surface area contributed by atoms with Crippen molar-refractivity contribution in [1.29, 1.82) is 0 Å². The summed E-state index contributed by atoms with van der Waals surface area (Å²) in [4.78, 5) is 3.93. The molecule has 0 amide bonds. The van der Waals surface area contributed by atoms with Gasteiger partial charge in [0.2, 0.25) is 0 Å². The van der Waals surface area contributed by atoms with Gasteiger partial charge < -0.3 is 9.30 Å². The molecule has 6 nitrogen and oxygen atoms in total. The molecule has 0 aliphatic carbocycles. The summed E-state index contributed by atoms with van der Waals surface area (Å²) in [6.07, 6.45) is 2.49. The van der Waals surface area contributed by atoms with Gasteiger partial charge in [-0.05, 0) is 13.3 Å². The maximum atomic E-state index is 11.1. The molecule has 1 aromatic heterocycles. The molecule has 90 valence electrons. The van der Waals surface area contributed by atoms with Gasteiger partial charge in [-0.3, -0.25) is 0 Å². The topological polar surface area (TPSA) is 87.2 Å². The molecule has 0 saturated carbocycles. The van der Waals surface area contributed by atoms with Gasteiger partial charge in [-0.1, -0.05) is 0 Å². The molecular formula is C9H15N3O3S. The first kappa shape index (κ1) is 11.6. The van der Waals surface area contributed by atoms with E-state index in [0.29, 0.717) is 11.7 Å². The molecule has 2 heterocycles. The first-order valence-electron chi connectivity index (χ1n) is 5.11. The summed E-state index contributed by atoms with van der Waals surface area (Å²) in [5, 5.41) is 4.95. The van der Waals surface area contributed by atoms with E-state index in [-0.39, 0.29) is 5.03 Å². The second-order valence-corrected chi connectivity index (χ2v) is 5.56. The van der Waals surface area contributed by atoms with E-state index in [2.05, 4.69) is 4.98 Å². The minimum atomic E-state index is -3.70. The zero-order chi connectivity index (χ0) is 11.8. The maximum absolute atomic E-state index is 11.1. The van der Waals surface area contributed by atoms with Crippen molar-refractivity contribution < 1.29 is 13.2 Å². The number of aromatic nitrogens is 2. The van der Waals surface area contributed by atoms with Crippen LogP contribution in [0.25, 0.3) is 0 Å². The first-order chi connectivity index (χ1) is 7.47. The predicted molar refractivity (Wildman–Crippen MR) is 57.3 cm³/mol. The van der Waals surface area contributed by atoms with Gasteiger partial charge in [0.05, 0.1) is 6.61 Å². The molecule has 2 N–H and O–H groups in total. The lowest BCUT2D eigenvalue weighted by atomic mass is 10.1. The molecule has 1 aromatic rings. The summed E-state index contributed by atoms with van der Waals surface area (Å²) in [6.45, 7) is 4.00. The Bertz CT molecular complexity index is 474. The van der Waals surface area contributed by atoms with Gasteiger partial charge in [-0.15, -0.1) is 0 Å². The standard InChI is InChI=1S/C9H15N3O3S/c1-7-11-9(16(10,13)14)5-12(7)4-8-2-3-15-6-8/h5,8H,2-4,6H2,1H3,(H2,10,13,14). The van der Waals surface area contributed by atoms with Gasteiger partial charge in [0.1, 0.15) is 5.82 Å². The summed E-state index contributed by atoms with van der Waals surface area (Å²) in [5.41, 5.74) is 0. The SMILES string of the molecule is Cc1nc(S(N)(=O)=O)cn1CC1CCOC1. The molecule has 1 fully saturated rings. The number of hydrogen-bond donors (Lipinski definition) is 1. The van der Waals surface area contributed by atoms with Crippen LogP contribution in [0.15, 0.2) is 11.2 Å². The predicted octanol–water partition coefficient (Wildman–Crippen LogP) is -0.125. The Morgan fingerprint density at radius 1 is 1.69 bits per heavy atom. The van der Waals surface area contributed by atoms with Crippen molar-refractivity contribution in [2.75, 3.05) is 13.2 Å². The largest absolute Gasteiger partial charge is 0.381 e. The van der Waals surface area contributed by atoms with Crippen LogP contribution in [-0.2, 0) is 21.3 Å². The molecule has 0 aromatic carbocycles. The zero-order valence-electron chi connectivity index (χ0n) is 9.09. The number of sulfonamides is 1. The van der Waals surface area contributed by atoms with Crippen molar-refractivity contribution >= 4 is 10.0 Å². The fourth-order valence-electron chi connectivity index (χ4n) is 1.81. The van der Waals surface area contributed by atoms with Crippen LogP contribution >= 0.6 is 0 Å². The normalized spacial score (nSPS) is 21.5. The lowest BCUT2D eigenvalue weighted by molar-refractivity contribution is 0.182. The van der Waals surface area contributed by atoms with Crippen molar-refractivity contribution in [1.82, 2.24) is 9.55 Å². The van der Waals surface area contributed by atoms with Crippen LogP contribution < -0.4 is 5.14 Å². The van der Waals surface area contributed by atoms with E-state index in [0.717, 1.165) is 26.2 Å². The van der Waals surface area contributed by atoms with Crippen LogP contribution in [0.1, 0.15) is 12.2 Å². The fourth-order valence-corrected chi connectivity index (χ4v) is 2.34. The average Bonchev–Trinajstić information content (AvgIpc) is 2.76. The molecule has 0 radical (unpaired) electrons. The Morgan fingerprint density at radius 3 is 2.94 bits per heavy atom. The second-order valence-electron chi connectivity index (χ2n) is 4.05. The molecule has 16 heavy (non-hydrogen) atoms. The van der Waals surface area contributed by atoms with E-state index in [1.54, 1.807) is 6.92 Å². The van der Waals surface area contributed by atoms with Crippen molar-refractivity contribution in [2.45, 2.75) is 24.9 Å². The van der Waals surface area contributed by atoms with E-state index in [4.69, 9.17) is 9.88 Å². The third-order valence-electron chi connectivity index (χ3n) is 2.72. The average molecular weight is 245 g/mol. The Hall–Kier alpha value is -0.920. The van der Waals surface area contributed by atoms with Gasteiger partial charge in [0, 0.05) is 25.3 Å². The van der Waals surface area contributed by atoms with Gasteiger partial charge in [-0.2, -0.15) is 0 Å². The minimum Gasteiger partial charge on any atom is -0.381 e. The van der Waals surface area contributed by atoms with Crippen LogP contribution in [0.4, 0.5) is 0 Å². The van der Waals surface area contributed by atoms with Gasteiger partial charge >= 0.3 is 0 Å². The minimum absolute atomic E-state index is 0.0658. The number of rotatable bonds is 3. The molecule has 0 spiro atoms. The van der Waals surface area contributed by atoms with Crippen LogP contribution in [0.5, 0.6) is 0 Å². The molecule has 0 bridgehead atoms. The van der Waals surface area contributed by atoms with Crippen molar-refractivity contribution in [2.24, 2.45) is 11.1 Å². The number of nitrogens with zero attached hydrogens (tertiary/aromatic N) is 2. The van der Waals surface area contributed by atoms with E-state index >= 15 is 0 Å². The Kier molecular flexibility index (Phi) is 3.00. The van der Waals surface area contributed by atoms with Gasteiger partial charge in [-0.25, -0.2) is 18.5 Å². The highest BCUT2D eigenvalue weighted by molar-refractivity contribution is 7.89. The Morgan fingerprint density at radius 2 is 2.44 bits per heavy atom. The number of aryl methyl sites for hydroxylation is 1. The molecule has 1 saturated heterocycles. The number of hydrogen-bond acceptors (Lipinski definition) is 4. The third-order valence-corrected chi connectivity index (χ3v) is 3.50. The third kappa shape index (κ3) is 2.42. The first-order valence-corrected chi connectivity index (χ1v) is 6.66. The highest BCUT2D eigenvalue weighted by atomic mass is 32.2. The second kappa shape index (κ2) is 4.15. The van der Waals surface area contributed by atoms with E-state index in [1.807, 2.05) is 4.57 Å². The fraction of sp³-hybridized carbons (Fsp3) is 0.667. The number of primary sulfonamides is 1. The van der Waals surface area contributed by atoms with Crippen molar-refractivity contribution in [3.05, 3.63) is 12.0 Å². The molecule has 1 aliphatic heterocycles. The Balaban J connectivity index is 2.18. The van der Waals surface area contributed by atoms with Crippen molar-refractivity contribution in [3.63, 3.8) is 0 Å². The van der Waals surface area contributed by atoms with E-state index in [9.17, 15) is 8.42 Å². The highest BCUT2D eigenvalue weighted by Crippen LogP contribution is 2.17. The lowest BCUT2D eigenvalue weighted by Gasteiger charge is -2.09. The maximum Gasteiger partial charge on any atom is 0.257 e. The van der Waals surface area contributed by atoms with Crippen LogP contribution in [0.2, 0.25) is 0 Å². The van der Waals surface area contributed by atoms with Crippen LogP contribution in [0.3, 0.4) is 0 Å². The molecule has 1 unspecified atom stereocenters. The summed E-state index contributed by atoms with van der Waals surface area (Å²) >= 11 is 0. The summed E-state index contributed by atoms with van der Waals surface area (Å²) in [5.74, 6) is 1.09. The van der Waals surface area contributed by atoms with Crippen molar-refractivity contribution in [3.8, 4) is 0 Å². The lowest BCUT2D eigenvalue weighted by Crippen LogP contribution is -2.13. The molecule has 7 heteroatoms. The highest BCUT2D eigenvalue weighted by Gasteiger charge is 2.19. The number of ether oxygens (including phenoxy) is 1. The quantitative estimate of drug-likeness (QED) is 0.804. The summed E-state index contributed by atoms with van der Waals surface area (Å²) in [6, 6.07) is 0. The monoisotopic (exact) mass is 245 g/mol. The van der Waals surface area contributed by atoms with Crippen LogP contribution in [0, 0.1) is 12.8 Å². The number of nitrogens with two attached hydrogens (primary N) is 1. The molecule has 2 rings (SSSR count). The van der Waals surface area contributed by atoms with Gasteiger partial charge in [0.15, 0.2) is 5.03 Å². The molecule has 1 atom stereocenters. The smallest absolute Gasteiger partial charge is 0.257 e. The van der Waals surface area contributed by atoms with E-state index in [1.165, 1.54) is 6.20 Å². The molecule has 1 aliphatic rings. The molecular weight excluding hydrogens is 230 g/mol. The summed E-state index contributed by atoms with van der Waals surface area (Å²) in [7, 11) is -3.70. The zero-order valence-corrected chi connectivity index (χ0v) is 9.90. The van der Waals surface area contributed by atoms with Gasteiger partial charge in [0.25, 0.3) is 10.0 Å². The Labute approximate surface area is 94.5 Å². The van der Waals surface area contributed by atoms with Crippen LogP contribution in [-0.4, -0.2) is 31.2 Å². The number of imidazole rings is 1. The van der Waals surface area contributed by atoms with E-state index < -0.39 is 10.0 Å². The summed E-state index contributed by atoms with van der Waals surface area (Å²) < 4.78 is 29.3.